The number of amides is 1. The number of benzene rings is 3. The van der Waals surface area contributed by atoms with Crippen LogP contribution in [-0.4, -0.2) is 16.7 Å². The van der Waals surface area contributed by atoms with E-state index < -0.39 is 0 Å². The zero-order valence-electron chi connectivity index (χ0n) is 15.1. The molecule has 1 amide bonds. The van der Waals surface area contributed by atoms with Gasteiger partial charge in [-0.15, -0.1) is 0 Å². The summed E-state index contributed by atoms with van der Waals surface area (Å²) >= 11 is 7.55. The minimum atomic E-state index is -0.196. The molecule has 0 N–H and O–H groups in total. The van der Waals surface area contributed by atoms with Gasteiger partial charge < -0.3 is 0 Å². The average molecular weight is 416 g/mol. The molecule has 1 aromatic heterocycles. The van der Waals surface area contributed by atoms with Crippen molar-refractivity contribution in [1.29, 1.82) is 0 Å². The van der Waals surface area contributed by atoms with Gasteiger partial charge in [-0.25, -0.2) is 14.9 Å². The monoisotopic (exact) mass is 415 g/mol. The number of anilines is 1. The summed E-state index contributed by atoms with van der Waals surface area (Å²) in [4.78, 5) is 24.2. The normalized spacial score (nSPS) is 15.3. The predicted octanol–water partition coefficient (Wildman–Crippen LogP) is 5.78. The number of nitrogens with zero attached hydrogens (tertiary/aromatic N) is 3. The standard InChI is InChI=1S/C23H14ClN3OS/c24-17-11-12-20-18(14-17)26-23(29-20)27-21(16-9-5-2-6-10-16)25-19(22(27)28)13-15-7-3-1-4-8-15/h1-14H/b19-13-. The molecule has 0 fully saturated rings. The predicted molar refractivity (Wildman–Crippen MR) is 120 cm³/mol. The Morgan fingerprint density at radius 3 is 2.41 bits per heavy atom. The Balaban J connectivity index is 1.65. The summed E-state index contributed by atoms with van der Waals surface area (Å²) in [6.45, 7) is 0. The van der Waals surface area contributed by atoms with Gasteiger partial charge >= 0.3 is 0 Å². The maximum absolute atomic E-state index is 13.3. The highest BCUT2D eigenvalue weighted by molar-refractivity contribution is 7.22. The second kappa shape index (κ2) is 7.28. The molecule has 5 rings (SSSR count). The van der Waals surface area contributed by atoms with Crippen molar-refractivity contribution in [3.8, 4) is 0 Å². The van der Waals surface area contributed by atoms with Crippen molar-refractivity contribution in [2.45, 2.75) is 0 Å². The molecule has 3 aromatic carbocycles. The van der Waals surface area contributed by atoms with Crippen LogP contribution in [0, 0.1) is 0 Å². The van der Waals surface area contributed by atoms with Crippen LogP contribution in [0.15, 0.2) is 89.6 Å². The van der Waals surface area contributed by atoms with Crippen LogP contribution in [0.2, 0.25) is 5.02 Å². The Morgan fingerprint density at radius 2 is 1.66 bits per heavy atom. The number of aliphatic imine (C=N–C) groups is 1. The number of carbonyl (C=O) groups is 1. The van der Waals surface area contributed by atoms with E-state index in [1.807, 2.05) is 72.8 Å². The Labute approximate surface area is 176 Å². The third kappa shape index (κ3) is 3.35. The molecule has 1 aliphatic rings. The molecule has 0 radical (unpaired) electrons. The van der Waals surface area contributed by atoms with E-state index in [0.29, 0.717) is 21.7 Å². The third-order valence-electron chi connectivity index (χ3n) is 4.52. The molecule has 4 aromatic rings. The van der Waals surface area contributed by atoms with Crippen molar-refractivity contribution in [2.75, 3.05) is 4.90 Å². The lowest BCUT2D eigenvalue weighted by molar-refractivity contribution is -0.113. The molecule has 1 aliphatic heterocycles. The van der Waals surface area contributed by atoms with Gasteiger partial charge in [-0.3, -0.25) is 4.79 Å². The Hall–Kier alpha value is -3.28. The molecule has 0 saturated heterocycles. The maximum Gasteiger partial charge on any atom is 0.284 e. The highest BCUT2D eigenvalue weighted by Crippen LogP contribution is 2.35. The third-order valence-corrected chi connectivity index (χ3v) is 5.78. The molecule has 0 aliphatic carbocycles. The Kier molecular flexibility index (Phi) is 4.46. The molecule has 2 heterocycles. The fraction of sp³-hybridized carbons (Fsp3) is 0. The first kappa shape index (κ1) is 17.8. The zero-order chi connectivity index (χ0) is 19.8. The number of carbonyl (C=O) groups excluding carboxylic acids is 1. The van der Waals surface area contributed by atoms with Crippen molar-refractivity contribution >= 4 is 56.1 Å². The van der Waals surface area contributed by atoms with Crippen LogP contribution in [0.25, 0.3) is 16.3 Å². The number of hydrogen-bond donors (Lipinski definition) is 0. The van der Waals surface area contributed by atoms with Gasteiger partial charge in [0.05, 0.1) is 10.2 Å². The van der Waals surface area contributed by atoms with Crippen molar-refractivity contribution in [1.82, 2.24) is 4.98 Å². The van der Waals surface area contributed by atoms with E-state index in [1.54, 1.807) is 17.0 Å². The van der Waals surface area contributed by atoms with Gasteiger partial charge in [-0.1, -0.05) is 83.6 Å². The molecule has 140 valence electrons. The number of rotatable bonds is 3. The maximum atomic E-state index is 13.3. The lowest BCUT2D eigenvalue weighted by atomic mass is 10.2. The van der Waals surface area contributed by atoms with Crippen molar-refractivity contribution in [2.24, 2.45) is 4.99 Å². The first-order valence-corrected chi connectivity index (χ1v) is 10.2. The summed E-state index contributed by atoms with van der Waals surface area (Å²) < 4.78 is 0.963. The second-order valence-corrected chi connectivity index (χ2v) is 7.94. The summed E-state index contributed by atoms with van der Waals surface area (Å²) in [5.41, 5.74) is 2.92. The minimum Gasteiger partial charge on any atom is -0.266 e. The SMILES string of the molecule is O=C1/C(=C/c2ccccc2)N=C(c2ccccc2)N1c1nc2cc(Cl)ccc2s1. The van der Waals surface area contributed by atoms with Gasteiger partial charge in [0, 0.05) is 10.6 Å². The van der Waals surface area contributed by atoms with Crippen LogP contribution < -0.4 is 4.90 Å². The van der Waals surface area contributed by atoms with E-state index in [4.69, 9.17) is 11.6 Å². The number of hydrogen-bond acceptors (Lipinski definition) is 4. The number of halogens is 1. The summed E-state index contributed by atoms with van der Waals surface area (Å²) in [6, 6.07) is 24.9. The van der Waals surface area contributed by atoms with Crippen LogP contribution in [0.5, 0.6) is 0 Å². The number of fused-ring (bicyclic) bond motifs is 1. The van der Waals surface area contributed by atoms with Gasteiger partial charge in [-0.05, 0) is 29.8 Å². The van der Waals surface area contributed by atoms with E-state index >= 15 is 0 Å². The highest BCUT2D eigenvalue weighted by Gasteiger charge is 2.34. The Morgan fingerprint density at radius 1 is 0.931 bits per heavy atom. The van der Waals surface area contributed by atoms with Gasteiger partial charge in [0.2, 0.25) is 0 Å². The second-order valence-electron chi connectivity index (χ2n) is 6.49. The number of amidine groups is 1. The van der Waals surface area contributed by atoms with Crippen LogP contribution >= 0.6 is 22.9 Å². The zero-order valence-corrected chi connectivity index (χ0v) is 16.7. The summed E-state index contributed by atoms with van der Waals surface area (Å²) in [7, 11) is 0. The first-order chi connectivity index (χ1) is 14.2. The molecule has 0 unspecified atom stereocenters. The van der Waals surface area contributed by atoms with E-state index in [0.717, 1.165) is 21.3 Å². The molecule has 0 bridgehead atoms. The molecule has 0 spiro atoms. The van der Waals surface area contributed by atoms with Crippen molar-refractivity contribution in [3.63, 3.8) is 0 Å². The summed E-state index contributed by atoms with van der Waals surface area (Å²) in [5, 5.41) is 1.19. The van der Waals surface area contributed by atoms with Gasteiger partial charge in [0.25, 0.3) is 5.91 Å². The van der Waals surface area contributed by atoms with E-state index in [1.165, 1.54) is 11.3 Å². The quantitative estimate of drug-likeness (QED) is 0.398. The Bertz CT molecular complexity index is 1280. The summed E-state index contributed by atoms with van der Waals surface area (Å²) in [5.74, 6) is 0.376. The van der Waals surface area contributed by atoms with Crippen molar-refractivity contribution in [3.05, 3.63) is 101 Å². The first-order valence-electron chi connectivity index (χ1n) is 9.00. The molecule has 0 saturated carbocycles. The van der Waals surface area contributed by atoms with E-state index in [2.05, 4.69) is 9.98 Å². The fourth-order valence-corrected chi connectivity index (χ4v) is 4.28. The average Bonchev–Trinajstić information content (AvgIpc) is 3.30. The molecule has 4 nitrogen and oxygen atoms in total. The smallest absolute Gasteiger partial charge is 0.266 e. The lowest BCUT2D eigenvalue weighted by Gasteiger charge is -2.14. The van der Waals surface area contributed by atoms with Crippen LogP contribution in [-0.2, 0) is 4.79 Å². The fourth-order valence-electron chi connectivity index (χ4n) is 3.17. The van der Waals surface area contributed by atoms with Gasteiger partial charge in [0.15, 0.2) is 5.13 Å². The highest BCUT2D eigenvalue weighted by atomic mass is 35.5. The topological polar surface area (TPSA) is 45.6 Å². The van der Waals surface area contributed by atoms with Crippen LogP contribution in [0.3, 0.4) is 0 Å². The van der Waals surface area contributed by atoms with Crippen LogP contribution in [0.4, 0.5) is 5.13 Å². The molecule has 29 heavy (non-hydrogen) atoms. The minimum absolute atomic E-state index is 0.196. The van der Waals surface area contributed by atoms with Crippen LogP contribution in [0.1, 0.15) is 11.1 Å². The molecule has 6 heteroatoms. The van der Waals surface area contributed by atoms with Gasteiger partial charge in [0.1, 0.15) is 11.5 Å². The summed E-state index contributed by atoms with van der Waals surface area (Å²) in [6.07, 6.45) is 1.80. The van der Waals surface area contributed by atoms with Gasteiger partial charge in [-0.2, -0.15) is 0 Å². The lowest BCUT2D eigenvalue weighted by Crippen LogP contribution is -2.32. The van der Waals surface area contributed by atoms with Crippen molar-refractivity contribution < 1.29 is 4.79 Å². The molecule has 0 atom stereocenters. The van der Waals surface area contributed by atoms with E-state index in [-0.39, 0.29) is 5.91 Å². The molecular formula is C23H14ClN3OS. The molecular weight excluding hydrogens is 402 g/mol. The largest absolute Gasteiger partial charge is 0.284 e. The number of thiazole rings is 1. The number of aromatic nitrogens is 1. The van der Waals surface area contributed by atoms with E-state index in [9.17, 15) is 4.79 Å².